The molecule has 3 fully saturated rings. The molecule has 0 atom stereocenters. The van der Waals surface area contributed by atoms with Gasteiger partial charge >= 0.3 is 11.9 Å². The molecule has 0 heterocycles. The fourth-order valence-corrected chi connectivity index (χ4v) is 4.07. The number of carbonyl (C=O) groups is 2. The summed E-state index contributed by atoms with van der Waals surface area (Å²) in [6.45, 7) is 0.718. The van der Waals surface area contributed by atoms with Crippen LogP contribution in [0.4, 0.5) is 0 Å². The van der Waals surface area contributed by atoms with Gasteiger partial charge in [-0.25, -0.2) is 0 Å². The highest BCUT2D eigenvalue weighted by Crippen LogP contribution is 2.56. The third-order valence-electron chi connectivity index (χ3n) is 6.03. The first-order valence-corrected chi connectivity index (χ1v) is 8.70. The largest absolute Gasteiger partial charge is 0.481 e. The summed E-state index contributed by atoms with van der Waals surface area (Å²) in [5.41, 5.74) is 6.77. The van der Waals surface area contributed by atoms with E-state index in [1.54, 1.807) is 12.1 Å². The van der Waals surface area contributed by atoms with Crippen LogP contribution in [0, 0.1) is 10.8 Å². The van der Waals surface area contributed by atoms with E-state index in [-0.39, 0.29) is 23.2 Å². The number of carboxylic acids is 1. The van der Waals surface area contributed by atoms with Gasteiger partial charge in [0, 0.05) is 6.42 Å². The summed E-state index contributed by atoms with van der Waals surface area (Å²) in [7, 11) is 0. The van der Waals surface area contributed by atoms with Crippen LogP contribution in [0.2, 0.25) is 0 Å². The average Bonchev–Trinajstić information content (AvgIpc) is 2.62. The molecule has 0 saturated heterocycles. The second-order valence-corrected chi connectivity index (χ2v) is 7.41. The topological polar surface area (TPSA) is 89.6 Å². The molecule has 3 saturated carbocycles. The number of benzene rings is 1. The van der Waals surface area contributed by atoms with E-state index in [0.717, 1.165) is 50.6 Å². The van der Waals surface area contributed by atoms with Crippen LogP contribution in [-0.2, 0) is 16.0 Å². The Morgan fingerprint density at radius 2 is 1.62 bits per heavy atom. The highest BCUT2D eigenvalue weighted by Gasteiger charge is 2.52. The van der Waals surface area contributed by atoms with Crippen molar-refractivity contribution in [2.45, 2.75) is 51.4 Å². The highest BCUT2D eigenvalue weighted by molar-refractivity contribution is 5.79. The summed E-state index contributed by atoms with van der Waals surface area (Å²) in [4.78, 5) is 23.3. The number of aliphatic carboxylic acids is 1. The molecule has 2 bridgehead atoms. The minimum Gasteiger partial charge on any atom is -0.481 e. The SMILES string of the molecule is NCC12CCC(C(=O)Oc3ccc(CCC(=O)O)cc3)(CC1)CC2. The Balaban J connectivity index is 1.60. The maximum absolute atomic E-state index is 12.7. The number of rotatable bonds is 6. The molecule has 5 nitrogen and oxygen atoms in total. The molecule has 3 N–H and O–H groups in total. The zero-order valence-electron chi connectivity index (χ0n) is 13.9. The second kappa shape index (κ2) is 6.55. The van der Waals surface area contributed by atoms with E-state index in [1.807, 2.05) is 12.1 Å². The van der Waals surface area contributed by atoms with Crippen LogP contribution in [0.3, 0.4) is 0 Å². The fourth-order valence-electron chi connectivity index (χ4n) is 4.07. The van der Waals surface area contributed by atoms with Crippen LogP contribution in [0.25, 0.3) is 0 Å². The van der Waals surface area contributed by atoms with Gasteiger partial charge in [-0.2, -0.15) is 0 Å². The van der Waals surface area contributed by atoms with E-state index in [4.69, 9.17) is 15.6 Å². The lowest BCUT2D eigenvalue weighted by Gasteiger charge is -2.51. The van der Waals surface area contributed by atoms with E-state index in [9.17, 15) is 9.59 Å². The Morgan fingerprint density at radius 3 is 2.12 bits per heavy atom. The molecule has 130 valence electrons. The van der Waals surface area contributed by atoms with E-state index >= 15 is 0 Å². The molecule has 0 aliphatic heterocycles. The van der Waals surface area contributed by atoms with Crippen molar-refractivity contribution in [2.24, 2.45) is 16.6 Å². The molecule has 1 aromatic rings. The van der Waals surface area contributed by atoms with Crippen LogP contribution in [0.15, 0.2) is 24.3 Å². The number of ether oxygens (including phenoxy) is 1. The molecule has 0 aromatic heterocycles. The van der Waals surface area contributed by atoms with Gasteiger partial charge in [0.2, 0.25) is 0 Å². The third-order valence-corrected chi connectivity index (χ3v) is 6.03. The summed E-state index contributed by atoms with van der Waals surface area (Å²) >= 11 is 0. The Hall–Kier alpha value is -1.88. The monoisotopic (exact) mass is 331 g/mol. The lowest BCUT2D eigenvalue weighted by Crippen LogP contribution is -2.49. The second-order valence-electron chi connectivity index (χ2n) is 7.41. The molecule has 0 radical (unpaired) electrons. The summed E-state index contributed by atoms with van der Waals surface area (Å²) in [5.74, 6) is -0.395. The number of hydrogen-bond donors (Lipinski definition) is 2. The smallest absolute Gasteiger partial charge is 0.317 e. The summed E-state index contributed by atoms with van der Waals surface area (Å²) in [6, 6.07) is 7.15. The number of esters is 1. The van der Waals surface area contributed by atoms with Gasteiger partial charge in [0.05, 0.1) is 5.41 Å². The lowest BCUT2D eigenvalue weighted by atomic mass is 9.54. The number of hydrogen-bond acceptors (Lipinski definition) is 4. The third kappa shape index (κ3) is 3.31. The van der Waals surface area contributed by atoms with Crippen molar-refractivity contribution < 1.29 is 19.4 Å². The molecule has 24 heavy (non-hydrogen) atoms. The zero-order valence-corrected chi connectivity index (χ0v) is 13.9. The predicted molar refractivity (Wildman–Crippen MR) is 89.7 cm³/mol. The van der Waals surface area contributed by atoms with Gasteiger partial charge in [-0.05, 0) is 74.6 Å². The van der Waals surface area contributed by atoms with Gasteiger partial charge < -0.3 is 15.6 Å². The molecule has 0 unspecified atom stereocenters. The Labute approximate surface area is 142 Å². The minimum atomic E-state index is -0.812. The molecular weight excluding hydrogens is 306 g/mol. The maximum atomic E-state index is 12.7. The standard InChI is InChI=1S/C19H25NO4/c20-13-18-7-10-19(11-8-18,12-9-18)17(23)24-15-4-1-14(2-5-15)3-6-16(21)22/h1-2,4-5H,3,6-13,20H2,(H,21,22). The predicted octanol–water partition coefficient (Wildman–Crippen LogP) is 2.91. The normalized spacial score (nSPS) is 28.5. The Bertz CT molecular complexity index is 598. The molecular formula is C19H25NO4. The van der Waals surface area contributed by atoms with E-state index in [0.29, 0.717) is 12.2 Å². The van der Waals surface area contributed by atoms with Crippen molar-refractivity contribution in [3.8, 4) is 5.75 Å². The molecule has 0 spiro atoms. The van der Waals surface area contributed by atoms with E-state index in [1.165, 1.54) is 0 Å². The van der Waals surface area contributed by atoms with Crippen LogP contribution >= 0.6 is 0 Å². The lowest BCUT2D eigenvalue weighted by molar-refractivity contribution is -0.155. The molecule has 1 aromatic carbocycles. The quantitative estimate of drug-likeness (QED) is 0.618. The van der Waals surface area contributed by atoms with Gasteiger partial charge in [-0.3, -0.25) is 9.59 Å². The first-order chi connectivity index (χ1) is 11.5. The van der Waals surface area contributed by atoms with Gasteiger partial charge in [-0.1, -0.05) is 12.1 Å². The van der Waals surface area contributed by atoms with Gasteiger partial charge in [0.1, 0.15) is 5.75 Å². The molecule has 5 heteroatoms. The average molecular weight is 331 g/mol. The summed E-state index contributed by atoms with van der Waals surface area (Å²) in [6.07, 6.45) is 6.27. The number of carbonyl (C=O) groups excluding carboxylic acids is 1. The van der Waals surface area contributed by atoms with Crippen molar-refractivity contribution in [1.82, 2.24) is 0 Å². The van der Waals surface area contributed by atoms with Crippen molar-refractivity contribution in [2.75, 3.05) is 6.54 Å². The molecule has 3 aliphatic carbocycles. The van der Waals surface area contributed by atoms with E-state index < -0.39 is 5.97 Å². The van der Waals surface area contributed by atoms with Crippen LogP contribution < -0.4 is 10.5 Å². The van der Waals surface area contributed by atoms with Crippen molar-refractivity contribution >= 4 is 11.9 Å². The van der Waals surface area contributed by atoms with Gasteiger partial charge in [-0.15, -0.1) is 0 Å². The number of aryl methyl sites for hydroxylation is 1. The van der Waals surface area contributed by atoms with Gasteiger partial charge in [0.15, 0.2) is 0 Å². The van der Waals surface area contributed by atoms with Crippen LogP contribution in [0.1, 0.15) is 50.5 Å². The summed E-state index contributed by atoms with van der Waals surface area (Å²) < 4.78 is 5.63. The van der Waals surface area contributed by atoms with Gasteiger partial charge in [0.25, 0.3) is 0 Å². The molecule has 0 amide bonds. The molecule has 4 rings (SSSR count). The maximum Gasteiger partial charge on any atom is 0.317 e. The van der Waals surface area contributed by atoms with Crippen molar-refractivity contribution in [3.63, 3.8) is 0 Å². The fraction of sp³-hybridized carbons (Fsp3) is 0.579. The van der Waals surface area contributed by atoms with Crippen molar-refractivity contribution in [3.05, 3.63) is 29.8 Å². The van der Waals surface area contributed by atoms with Crippen LogP contribution in [-0.4, -0.2) is 23.6 Å². The highest BCUT2D eigenvalue weighted by atomic mass is 16.5. The zero-order chi connectivity index (χ0) is 17.2. The number of nitrogens with two attached hydrogens (primary N) is 1. The Morgan fingerprint density at radius 1 is 1.04 bits per heavy atom. The number of fused-ring (bicyclic) bond motifs is 3. The Kier molecular flexibility index (Phi) is 4.63. The first kappa shape index (κ1) is 17.0. The first-order valence-electron chi connectivity index (χ1n) is 8.70. The summed E-state index contributed by atoms with van der Waals surface area (Å²) in [5, 5.41) is 8.71. The number of carboxylic acid groups (broad SMARTS) is 1. The van der Waals surface area contributed by atoms with Crippen molar-refractivity contribution in [1.29, 1.82) is 0 Å². The molecule has 3 aliphatic rings. The van der Waals surface area contributed by atoms with E-state index in [2.05, 4.69) is 0 Å². The minimum absolute atomic E-state index is 0.102. The van der Waals surface area contributed by atoms with Crippen LogP contribution in [0.5, 0.6) is 5.75 Å².